The number of benzene rings is 1. The fraction of sp³-hybridized carbons (Fsp3) is 0.250. The molecule has 0 unspecified atom stereocenters. The number of nitrogens with zero attached hydrogens (tertiary/aromatic N) is 5. The van der Waals surface area contributed by atoms with E-state index in [4.69, 9.17) is 0 Å². The average Bonchev–Trinajstić information content (AvgIpc) is 3.37. The van der Waals surface area contributed by atoms with E-state index in [1.54, 1.807) is 16.0 Å². The Kier molecular flexibility index (Phi) is 5.44. The molecule has 0 radical (unpaired) electrons. The molecule has 0 saturated heterocycles. The van der Waals surface area contributed by atoms with E-state index in [1.165, 1.54) is 12.4 Å². The van der Waals surface area contributed by atoms with Gasteiger partial charge in [-0.3, -0.25) is 4.79 Å². The standard InChI is InChI=1S/C20H17F3N6OS/c1-11-15(12(2)29-18(26-11)24-10-25-29)6-7-17(30)28-19-27-16(9-31-19)13-4-3-5-14(8-13)20(21,22)23/h3-5,8-10H,6-7H2,1-2H3,(H,27,28,30). The summed E-state index contributed by atoms with van der Waals surface area (Å²) < 4.78 is 40.4. The third kappa shape index (κ3) is 4.41. The fourth-order valence-electron chi connectivity index (χ4n) is 3.26. The molecule has 7 nitrogen and oxygen atoms in total. The van der Waals surface area contributed by atoms with Crippen LogP contribution in [0.4, 0.5) is 18.3 Å². The van der Waals surface area contributed by atoms with Gasteiger partial charge in [-0.2, -0.15) is 23.3 Å². The van der Waals surface area contributed by atoms with E-state index < -0.39 is 11.7 Å². The van der Waals surface area contributed by atoms with E-state index in [0.29, 0.717) is 28.6 Å². The van der Waals surface area contributed by atoms with Crippen molar-refractivity contribution < 1.29 is 18.0 Å². The first-order valence-corrected chi connectivity index (χ1v) is 10.2. The van der Waals surface area contributed by atoms with Crippen molar-refractivity contribution in [2.45, 2.75) is 32.9 Å². The van der Waals surface area contributed by atoms with E-state index in [-0.39, 0.29) is 12.3 Å². The molecule has 0 fully saturated rings. The topological polar surface area (TPSA) is 85.1 Å². The van der Waals surface area contributed by atoms with E-state index in [9.17, 15) is 18.0 Å². The predicted molar refractivity (Wildman–Crippen MR) is 110 cm³/mol. The van der Waals surface area contributed by atoms with E-state index in [2.05, 4.69) is 25.4 Å². The van der Waals surface area contributed by atoms with Gasteiger partial charge >= 0.3 is 6.18 Å². The molecule has 0 spiro atoms. The second-order valence-electron chi connectivity index (χ2n) is 6.90. The molecule has 3 aromatic heterocycles. The molecule has 1 amide bonds. The molecule has 11 heteroatoms. The van der Waals surface area contributed by atoms with Gasteiger partial charge in [0, 0.05) is 28.8 Å². The highest BCUT2D eigenvalue weighted by molar-refractivity contribution is 7.14. The van der Waals surface area contributed by atoms with Gasteiger partial charge in [0.15, 0.2) is 5.13 Å². The van der Waals surface area contributed by atoms with Crippen molar-refractivity contribution in [2.75, 3.05) is 5.32 Å². The van der Waals surface area contributed by atoms with Gasteiger partial charge < -0.3 is 5.32 Å². The summed E-state index contributed by atoms with van der Waals surface area (Å²) in [6, 6.07) is 4.93. The van der Waals surface area contributed by atoms with E-state index in [0.717, 1.165) is 40.4 Å². The number of carbonyl (C=O) groups excluding carboxylic acids is 1. The number of anilines is 1. The van der Waals surface area contributed by atoms with E-state index >= 15 is 0 Å². The Morgan fingerprint density at radius 1 is 1.23 bits per heavy atom. The largest absolute Gasteiger partial charge is 0.416 e. The molecule has 160 valence electrons. The van der Waals surface area contributed by atoms with Crippen LogP contribution in [0.1, 0.15) is 28.9 Å². The quantitative estimate of drug-likeness (QED) is 0.489. The fourth-order valence-corrected chi connectivity index (χ4v) is 3.99. The summed E-state index contributed by atoms with van der Waals surface area (Å²) in [5.74, 6) is 0.260. The Bertz CT molecular complexity index is 1260. The molecule has 0 bridgehead atoms. The second-order valence-corrected chi connectivity index (χ2v) is 7.76. The highest BCUT2D eigenvalue weighted by atomic mass is 32.1. The van der Waals surface area contributed by atoms with Gasteiger partial charge in [-0.25, -0.2) is 14.5 Å². The van der Waals surface area contributed by atoms with Crippen molar-refractivity contribution in [3.63, 3.8) is 0 Å². The van der Waals surface area contributed by atoms with Gasteiger partial charge in [-0.1, -0.05) is 12.1 Å². The smallest absolute Gasteiger partial charge is 0.302 e. The Labute approximate surface area is 179 Å². The maximum Gasteiger partial charge on any atom is 0.416 e. The number of hydrogen-bond donors (Lipinski definition) is 1. The number of carbonyl (C=O) groups is 1. The molecule has 4 aromatic rings. The van der Waals surface area contributed by atoms with Crippen molar-refractivity contribution in [3.8, 4) is 11.3 Å². The van der Waals surface area contributed by atoms with Gasteiger partial charge in [0.1, 0.15) is 6.33 Å². The van der Waals surface area contributed by atoms with Crippen LogP contribution in [-0.2, 0) is 17.4 Å². The van der Waals surface area contributed by atoms with Crippen LogP contribution in [0.5, 0.6) is 0 Å². The minimum absolute atomic E-state index is 0.196. The highest BCUT2D eigenvalue weighted by Crippen LogP contribution is 2.33. The first-order valence-electron chi connectivity index (χ1n) is 9.31. The Morgan fingerprint density at radius 3 is 2.81 bits per heavy atom. The van der Waals surface area contributed by atoms with Crippen LogP contribution >= 0.6 is 11.3 Å². The summed E-state index contributed by atoms with van der Waals surface area (Å²) in [6.45, 7) is 3.75. The zero-order valence-corrected chi connectivity index (χ0v) is 17.4. The Balaban J connectivity index is 1.43. The number of alkyl halides is 3. The summed E-state index contributed by atoms with van der Waals surface area (Å²) in [4.78, 5) is 25.1. The van der Waals surface area contributed by atoms with Crippen LogP contribution in [0.15, 0.2) is 36.0 Å². The molecular formula is C20H17F3N6OS. The van der Waals surface area contributed by atoms with Gasteiger partial charge in [0.2, 0.25) is 5.91 Å². The summed E-state index contributed by atoms with van der Waals surface area (Å²) in [7, 11) is 0. The SMILES string of the molecule is Cc1nc2ncnn2c(C)c1CCC(=O)Nc1nc(-c2cccc(C(F)(F)F)c2)cs1. The molecule has 31 heavy (non-hydrogen) atoms. The summed E-state index contributed by atoms with van der Waals surface area (Å²) in [5, 5.41) is 8.78. The lowest BCUT2D eigenvalue weighted by molar-refractivity contribution is -0.137. The van der Waals surface area contributed by atoms with Gasteiger partial charge in [0.25, 0.3) is 5.78 Å². The van der Waals surface area contributed by atoms with Crippen LogP contribution in [0.2, 0.25) is 0 Å². The summed E-state index contributed by atoms with van der Waals surface area (Å²) in [6.07, 6.45) is -2.35. The lowest BCUT2D eigenvalue weighted by Gasteiger charge is -2.10. The third-order valence-corrected chi connectivity index (χ3v) is 5.58. The van der Waals surface area contributed by atoms with Crippen molar-refractivity contribution in [1.29, 1.82) is 0 Å². The van der Waals surface area contributed by atoms with Crippen LogP contribution < -0.4 is 5.32 Å². The lowest BCUT2D eigenvalue weighted by atomic mass is 10.1. The molecular weight excluding hydrogens is 429 g/mol. The molecule has 3 heterocycles. The zero-order chi connectivity index (χ0) is 22.2. The van der Waals surface area contributed by atoms with Crippen LogP contribution in [0.3, 0.4) is 0 Å². The summed E-state index contributed by atoms with van der Waals surface area (Å²) in [5.41, 5.74) is 2.54. The molecule has 1 aromatic carbocycles. The van der Waals surface area contributed by atoms with Crippen LogP contribution in [0, 0.1) is 13.8 Å². The van der Waals surface area contributed by atoms with Crippen LogP contribution in [-0.4, -0.2) is 30.5 Å². The number of amides is 1. The number of thiazole rings is 1. The minimum Gasteiger partial charge on any atom is -0.302 e. The van der Waals surface area contributed by atoms with Crippen molar-refractivity contribution >= 4 is 28.2 Å². The predicted octanol–water partition coefficient (Wildman–Crippen LogP) is 4.45. The number of halogens is 3. The third-order valence-electron chi connectivity index (χ3n) is 4.83. The molecule has 1 N–H and O–H groups in total. The second kappa shape index (κ2) is 8.06. The van der Waals surface area contributed by atoms with Gasteiger partial charge in [-0.15, -0.1) is 11.3 Å². The average molecular weight is 446 g/mol. The first kappa shape index (κ1) is 20.9. The van der Waals surface area contributed by atoms with Crippen LogP contribution in [0.25, 0.3) is 17.0 Å². The van der Waals surface area contributed by atoms with E-state index in [1.807, 2.05) is 13.8 Å². The summed E-state index contributed by atoms with van der Waals surface area (Å²) >= 11 is 1.16. The maximum atomic E-state index is 12.9. The molecule has 4 rings (SSSR count). The Morgan fingerprint density at radius 2 is 2.03 bits per heavy atom. The lowest BCUT2D eigenvalue weighted by Crippen LogP contribution is -2.14. The number of hydrogen-bond acceptors (Lipinski definition) is 6. The van der Waals surface area contributed by atoms with Gasteiger partial charge in [-0.05, 0) is 38.0 Å². The van der Waals surface area contributed by atoms with Crippen molar-refractivity contribution in [2.24, 2.45) is 0 Å². The minimum atomic E-state index is -4.43. The molecule has 0 aliphatic rings. The van der Waals surface area contributed by atoms with Gasteiger partial charge in [0.05, 0.1) is 11.3 Å². The molecule has 0 aliphatic heterocycles. The first-order chi connectivity index (χ1) is 14.7. The molecule has 0 atom stereocenters. The number of rotatable bonds is 5. The zero-order valence-electron chi connectivity index (χ0n) is 16.6. The highest BCUT2D eigenvalue weighted by Gasteiger charge is 2.30. The molecule has 0 aliphatic carbocycles. The maximum absolute atomic E-state index is 12.9. The number of nitrogens with one attached hydrogen (secondary N) is 1. The molecule has 0 saturated carbocycles. The number of fused-ring (bicyclic) bond motifs is 1. The van der Waals surface area contributed by atoms with Crippen molar-refractivity contribution in [3.05, 3.63) is 58.5 Å². The monoisotopic (exact) mass is 446 g/mol. The number of aryl methyl sites for hydroxylation is 2. The van der Waals surface area contributed by atoms with Crippen molar-refractivity contribution in [1.82, 2.24) is 24.6 Å². The normalized spacial score (nSPS) is 11.8. The Hall–Kier alpha value is -3.34. The number of aromatic nitrogens is 5.